The molecule has 138 valence electrons. The summed E-state index contributed by atoms with van der Waals surface area (Å²) in [4.78, 5) is 37.3. The Hall–Kier alpha value is -3.21. The molecule has 0 aliphatic carbocycles. The van der Waals surface area contributed by atoms with Crippen LogP contribution in [0.3, 0.4) is 0 Å². The summed E-state index contributed by atoms with van der Waals surface area (Å²) in [6.45, 7) is 4.00. The molecule has 0 saturated carbocycles. The maximum absolute atomic E-state index is 12.9. The van der Waals surface area contributed by atoms with Crippen molar-refractivity contribution in [1.29, 1.82) is 0 Å². The van der Waals surface area contributed by atoms with Gasteiger partial charge in [-0.05, 0) is 34.8 Å². The Balaban J connectivity index is 2.04. The highest BCUT2D eigenvalue weighted by Gasteiger charge is 2.34. The van der Waals surface area contributed by atoms with E-state index in [2.05, 4.69) is 13.8 Å². The number of aliphatic carboxylic acids is 1. The minimum absolute atomic E-state index is 0.210. The van der Waals surface area contributed by atoms with Crippen molar-refractivity contribution in [2.24, 2.45) is 0 Å². The van der Waals surface area contributed by atoms with E-state index in [4.69, 9.17) is 0 Å². The van der Waals surface area contributed by atoms with Crippen molar-refractivity contribution in [1.82, 2.24) is 4.90 Å². The third-order valence-electron chi connectivity index (χ3n) is 4.62. The van der Waals surface area contributed by atoms with Gasteiger partial charge in [0.2, 0.25) is 0 Å². The average Bonchev–Trinajstić information content (AvgIpc) is 2.65. The molecule has 0 saturated heterocycles. The number of hydrogen-bond acceptors (Lipinski definition) is 4. The molecule has 5 nitrogen and oxygen atoms in total. The van der Waals surface area contributed by atoms with Gasteiger partial charge in [0.05, 0.1) is 0 Å². The number of rotatable bonds is 5. The molecular weight excluding hydrogens is 342 g/mol. The van der Waals surface area contributed by atoms with E-state index < -0.39 is 24.2 Å². The Morgan fingerprint density at radius 2 is 1.63 bits per heavy atom. The van der Waals surface area contributed by atoms with Crippen LogP contribution < -0.4 is 5.11 Å². The molecule has 0 radical (unpaired) electrons. The summed E-state index contributed by atoms with van der Waals surface area (Å²) < 4.78 is 0. The molecule has 1 aliphatic heterocycles. The largest absolute Gasteiger partial charge is 0.550 e. The summed E-state index contributed by atoms with van der Waals surface area (Å²) in [6.07, 6.45) is 1.35. The first kappa shape index (κ1) is 18.6. The first-order valence-corrected chi connectivity index (χ1v) is 8.85. The normalized spacial score (nSPS) is 15.4. The van der Waals surface area contributed by atoms with Gasteiger partial charge in [0.1, 0.15) is 0 Å². The van der Waals surface area contributed by atoms with Gasteiger partial charge in [-0.3, -0.25) is 14.5 Å². The van der Waals surface area contributed by atoms with E-state index in [0.29, 0.717) is 22.6 Å². The van der Waals surface area contributed by atoms with Gasteiger partial charge in [0.25, 0.3) is 11.8 Å². The lowest BCUT2D eigenvalue weighted by atomic mass is 9.91. The average molecular weight is 362 g/mol. The Kier molecular flexibility index (Phi) is 5.21. The predicted octanol–water partition coefficient (Wildman–Crippen LogP) is 2.47. The molecule has 0 atom stereocenters. The monoisotopic (exact) mass is 362 g/mol. The van der Waals surface area contributed by atoms with Crippen molar-refractivity contribution >= 4 is 29.4 Å². The minimum atomic E-state index is -1.30. The van der Waals surface area contributed by atoms with Crippen molar-refractivity contribution in [2.45, 2.75) is 26.2 Å². The number of carbonyl (C=O) groups excluding carboxylic acids is 3. The first-order chi connectivity index (χ1) is 12.9. The maximum Gasteiger partial charge on any atom is 0.261 e. The van der Waals surface area contributed by atoms with Crippen LogP contribution in [-0.4, -0.2) is 29.2 Å². The third-order valence-corrected chi connectivity index (χ3v) is 4.62. The van der Waals surface area contributed by atoms with Gasteiger partial charge >= 0.3 is 0 Å². The van der Waals surface area contributed by atoms with E-state index in [-0.39, 0.29) is 6.54 Å². The molecule has 0 unspecified atom stereocenters. The third kappa shape index (κ3) is 3.82. The van der Waals surface area contributed by atoms with Crippen LogP contribution in [0.2, 0.25) is 0 Å². The fraction of sp³-hybridized carbons (Fsp3) is 0.227. The lowest BCUT2D eigenvalue weighted by molar-refractivity contribution is -0.305. The van der Waals surface area contributed by atoms with Crippen molar-refractivity contribution in [2.75, 3.05) is 6.54 Å². The quantitative estimate of drug-likeness (QED) is 0.605. The molecular formula is C22H20NO4-. The summed E-state index contributed by atoms with van der Waals surface area (Å²) in [5.41, 5.74) is 3.36. The second-order valence-electron chi connectivity index (χ2n) is 6.81. The zero-order valence-electron chi connectivity index (χ0n) is 15.3. The van der Waals surface area contributed by atoms with Gasteiger partial charge in [-0.25, -0.2) is 0 Å². The molecule has 0 N–H and O–H groups in total. The highest BCUT2D eigenvalue weighted by Crippen LogP contribution is 2.30. The summed E-state index contributed by atoms with van der Waals surface area (Å²) in [7, 11) is 0. The number of fused-ring (bicyclic) bond motifs is 1. The van der Waals surface area contributed by atoms with Crippen LogP contribution in [0, 0.1) is 0 Å². The number of carboxylic acids is 1. The van der Waals surface area contributed by atoms with Crippen LogP contribution in [0.15, 0.2) is 48.5 Å². The fourth-order valence-corrected chi connectivity index (χ4v) is 3.09. The van der Waals surface area contributed by atoms with Crippen LogP contribution in [0.4, 0.5) is 0 Å². The van der Waals surface area contributed by atoms with E-state index in [1.165, 1.54) is 5.56 Å². The zero-order chi connectivity index (χ0) is 19.6. The molecule has 0 bridgehead atoms. The molecule has 1 heterocycles. The maximum atomic E-state index is 12.9. The smallest absolute Gasteiger partial charge is 0.261 e. The first-order valence-electron chi connectivity index (χ1n) is 8.85. The number of carbonyl (C=O) groups is 3. The van der Waals surface area contributed by atoms with Gasteiger partial charge in [0.15, 0.2) is 0 Å². The summed E-state index contributed by atoms with van der Waals surface area (Å²) >= 11 is 0. The number of imide groups is 1. The number of nitrogens with zero attached hydrogens (tertiary/aromatic N) is 1. The number of carboxylic acid groups (broad SMARTS) is 1. The minimum Gasteiger partial charge on any atom is -0.550 e. The molecule has 5 heteroatoms. The van der Waals surface area contributed by atoms with Gasteiger partial charge in [-0.1, -0.05) is 56.3 Å². The van der Waals surface area contributed by atoms with Gasteiger partial charge in [-0.2, -0.15) is 0 Å². The van der Waals surface area contributed by atoms with Crippen LogP contribution >= 0.6 is 0 Å². The van der Waals surface area contributed by atoms with Crippen LogP contribution in [-0.2, 0) is 9.59 Å². The molecule has 3 rings (SSSR count). The van der Waals surface area contributed by atoms with E-state index in [9.17, 15) is 19.5 Å². The number of hydrogen-bond donors (Lipinski definition) is 0. The van der Waals surface area contributed by atoms with E-state index in [1.807, 2.05) is 24.3 Å². The molecule has 0 aromatic heterocycles. The lowest BCUT2D eigenvalue weighted by Crippen LogP contribution is -2.43. The molecule has 27 heavy (non-hydrogen) atoms. The second kappa shape index (κ2) is 7.58. The standard InChI is InChI=1S/C22H21NO4/c1-14(2)16-9-7-15(8-10-16)13-19-17-5-3-4-6-18(17)21(26)23(22(19)27)12-11-20(24)25/h3-10,13-14H,11-12H2,1-2H3,(H,24,25)/p-1/b19-13-. The molecule has 2 aromatic carbocycles. The summed E-state index contributed by atoms with van der Waals surface area (Å²) in [5, 5.41) is 10.8. The lowest BCUT2D eigenvalue weighted by Gasteiger charge is -2.28. The number of amides is 2. The van der Waals surface area contributed by atoms with E-state index in [0.717, 1.165) is 10.5 Å². The Morgan fingerprint density at radius 1 is 1.00 bits per heavy atom. The Bertz CT molecular complexity index is 926. The predicted molar refractivity (Wildman–Crippen MR) is 101 cm³/mol. The van der Waals surface area contributed by atoms with E-state index >= 15 is 0 Å². The van der Waals surface area contributed by atoms with Crippen molar-refractivity contribution in [3.8, 4) is 0 Å². The molecule has 1 aliphatic rings. The highest BCUT2D eigenvalue weighted by molar-refractivity contribution is 6.33. The number of benzene rings is 2. The summed E-state index contributed by atoms with van der Waals surface area (Å²) in [5.74, 6) is -1.87. The molecule has 2 amide bonds. The van der Waals surface area contributed by atoms with Gasteiger partial charge < -0.3 is 9.90 Å². The van der Waals surface area contributed by atoms with Crippen molar-refractivity contribution in [3.63, 3.8) is 0 Å². The van der Waals surface area contributed by atoms with Gasteiger partial charge in [0, 0.05) is 30.1 Å². The van der Waals surface area contributed by atoms with Crippen LogP contribution in [0.1, 0.15) is 53.2 Å². The highest BCUT2D eigenvalue weighted by atomic mass is 16.4. The molecule has 0 fully saturated rings. The topological polar surface area (TPSA) is 77.5 Å². The van der Waals surface area contributed by atoms with E-state index in [1.54, 1.807) is 30.3 Å². The molecule has 0 spiro atoms. The fourth-order valence-electron chi connectivity index (χ4n) is 3.09. The van der Waals surface area contributed by atoms with Crippen LogP contribution in [0.5, 0.6) is 0 Å². The van der Waals surface area contributed by atoms with Crippen LogP contribution in [0.25, 0.3) is 11.6 Å². The Morgan fingerprint density at radius 3 is 2.22 bits per heavy atom. The second-order valence-corrected chi connectivity index (χ2v) is 6.81. The Labute approximate surface area is 157 Å². The molecule has 2 aromatic rings. The van der Waals surface area contributed by atoms with Gasteiger partial charge in [-0.15, -0.1) is 0 Å². The zero-order valence-corrected chi connectivity index (χ0v) is 15.3. The summed E-state index contributed by atoms with van der Waals surface area (Å²) in [6, 6.07) is 14.7. The van der Waals surface area contributed by atoms with Crippen molar-refractivity contribution in [3.05, 3.63) is 70.8 Å². The van der Waals surface area contributed by atoms with Crippen molar-refractivity contribution < 1.29 is 19.5 Å². The SMILES string of the molecule is CC(C)c1ccc(/C=C2\C(=O)N(CCC(=O)[O-])C(=O)c3ccccc32)cc1.